The predicted octanol–water partition coefficient (Wildman–Crippen LogP) is 2.79. The minimum atomic E-state index is -4.52. The van der Waals surface area contributed by atoms with Gasteiger partial charge in [-0.05, 0) is 24.5 Å². The van der Waals surface area contributed by atoms with Crippen molar-refractivity contribution in [2.75, 3.05) is 30.5 Å². The van der Waals surface area contributed by atoms with Crippen LogP contribution >= 0.6 is 11.8 Å². The van der Waals surface area contributed by atoms with E-state index in [1.54, 1.807) is 29.8 Å². The number of alkyl halides is 3. The van der Waals surface area contributed by atoms with Gasteiger partial charge in [0.05, 0.1) is 5.56 Å². The molecule has 3 nitrogen and oxygen atoms in total. The molecule has 7 heteroatoms. The standard InChI is InChI=1S/C12H16F3N3S/c1-18(5-6-19-2)8-3-4-9(11(16)17)10(7-8)12(13,14)15/h3-4,7H,5-6H2,1-2H3,(H3,16,17). The molecule has 0 amide bonds. The molecule has 0 aliphatic heterocycles. The lowest BCUT2D eigenvalue weighted by molar-refractivity contribution is -0.137. The number of benzene rings is 1. The van der Waals surface area contributed by atoms with Gasteiger partial charge in [-0.2, -0.15) is 24.9 Å². The maximum atomic E-state index is 12.9. The molecule has 0 saturated heterocycles. The molecule has 0 spiro atoms. The van der Waals surface area contributed by atoms with E-state index in [0.29, 0.717) is 12.2 Å². The highest BCUT2D eigenvalue weighted by Crippen LogP contribution is 2.34. The van der Waals surface area contributed by atoms with Gasteiger partial charge in [-0.1, -0.05) is 0 Å². The molecule has 1 aromatic rings. The first-order valence-electron chi connectivity index (χ1n) is 5.53. The van der Waals surface area contributed by atoms with Crippen molar-refractivity contribution in [3.8, 4) is 0 Å². The summed E-state index contributed by atoms with van der Waals surface area (Å²) in [6.07, 6.45) is -2.58. The average Bonchev–Trinajstić information content (AvgIpc) is 2.34. The van der Waals surface area contributed by atoms with Gasteiger partial charge in [0.25, 0.3) is 0 Å². The molecule has 1 rings (SSSR count). The van der Waals surface area contributed by atoms with Crippen LogP contribution in [0.4, 0.5) is 18.9 Å². The Kier molecular flexibility index (Phi) is 5.11. The minimum absolute atomic E-state index is 0.283. The van der Waals surface area contributed by atoms with Gasteiger partial charge in [-0.15, -0.1) is 0 Å². The van der Waals surface area contributed by atoms with Gasteiger partial charge in [0.2, 0.25) is 0 Å². The number of nitrogens with two attached hydrogens (primary N) is 1. The van der Waals surface area contributed by atoms with Crippen LogP contribution in [0.15, 0.2) is 18.2 Å². The first kappa shape index (κ1) is 15.7. The smallest absolute Gasteiger partial charge is 0.384 e. The normalized spacial score (nSPS) is 11.4. The minimum Gasteiger partial charge on any atom is -0.384 e. The zero-order valence-corrected chi connectivity index (χ0v) is 11.5. The molecule has 0 saturated carbocycles. The van der Waals surface area contributed by atoms with Crippen LogP contribution in [-0.2, 0) is 6.18 Å². The fraction of sp³-hybridized carbons (Fsp3) is 0.417. The lowest BCUT2D eigenvalue weighted by Gasteiger charge is -2.21. The molecule has 0 radical (unpaired) electrons. The SMILES string of the molecule is CSCCN(C)c1ccc(C(=N)N)c(C(F)(F)F)c1. The Morgan fingerprint density at radius 2 is 2.05 bits per heavy atom. The molecular formula is C12H16F3N3S. The molecule has 106 valence electrons. The molecule has 1 aromatic carbocycles. The van der Waals surface area contributed by atoms with Crippen molar-refractivity contribution in [3.63, 3.8) is 0 Å². The molecule has 19 heavy (non-hydrogen) atoms. The largest absolute Gasteiger partial charge is 0.417 e. The lowest BCUT2D eigenvalue weighted by atomic mass is 10.0. The van der Waals surface area contributed by atoms with E-state index in [0.717, 1.165) is 11.8 Å². The van der Waals surface area contributed by atoms with Crippen LogP contribution < -0.4 is 10.6 Å². The van der Waals surface area contributed by atoms with Crippen LogP contribution in [0.2, 0.25) is 0 Å². The molecule has 0 heterocycles. The highest BCUT2D eigenvalue weighted by molar-refractivity contribution is 7.98. The first-order valence-corrected chi connectivity index (χ1v) is 6.92. The number of nitrogen functional groups attached to an aromatic ring is 1. The van der Waals surface area contributed by atoms with Gasteiger partial charge in [0.1, 0.15) is 5.84 Å². The zero-order valence-electron chi connectivity index (χ0n) is 10.7. The number of hydrogen-bond acceptors (Lipinski definition) is 3. The summed E-state index contributed by atoms with van der Waals surface area (Å²) >= 11 is 1.62. The molecule has 3 N–H and O–H groups in total. The summed E-state index contributed by atoms with van der Waals surface area (Å²) in [5, 5.41) is 7.21. The van der Waals surface area contributed by atoms with Gasteiger partial charge < -0.3 is 10.6 Å². The number of hydrogen-bond donors (Lipinski definition) is 2. The molecule has 0 unspecified atom stereocenters. The highest BCUT2D eigenvalue weighted by atomic mass is 32.2. The number of amidine groups is 1. The maximum Gasteiger partial charge on any atom is 0.417 e. The van der Waals surface area contributed by atoms with E-state index in [1.807, 2.05) is 6.26 Å². The Labute approximate surface area is 114 Å². The van der Waals surface area contributed by atoms with Crippen molar-refractivity contribution in [2.45, 2.75) is 6.18 Å². The van der Waals surface area contributed by atoms with Crippen molar-refractivity contribution in [1.29, 1.82) is 5.41 Å². The van der Waals surface area contributed by atoms with Crippen molar-refractivity contribution in [2.24, 2.45) is 5.73 Å². The van der Waals surface area contributed by atoms with Crippen molar-refractivity contribution in [3.05, 3.63) is 29.3 Å². The number of anilines is 1. The van der Waals surface area contributed by atoms with Crippen molar-refractivity contribution in [1.82, 2.24) is 0 Å². The van der Waals surface area contributed by atoms with Gasteiger partial charge in [0, 0.05) is 30.6 Å². The summed E-state index contributed by atoms with van der Waals surface area (Å²) in [6.45, 7) is 0.651. The lowest BCUT2D eigenvalue weighted by Crippen LogP contribution is -2.23. The maximum absolute atomic E-state index is 12.9. The van der Waals surface area contributed by atoms with Crippen LogP contribution in [-0.4, -0.2) is 31.4 Å². The second kappa shape index (κ2) is 6.18. The third-order valence-corrected chi connectivity index (χ3v) is 3.26. The van der Waals surface area contributed by atoms with Crippen LogP contribution in [0.3, 0.4) is 0 Å². The monoisotopic (exact) mass is 291 g/mol. The van der Waals surface area contributed by atoms with Crippen LogP contribution in [0, 0.1) is 5.41 Å². The molecule has 0 aliphatic rings. The highest BCUT2D eigenvalue weighted by Gasteiger charge is 2.34. The number of nitrogens with one attached hydrogen (secondary N) is 1. The molecule has 0 aliphatic carbocycles. The molecule has 0 bridgehead atoms. The van der Waals surface area contributed by atoms with Crippen LogP contribution in [0.5, 0.6) is 0 Å². The first-order chi connectivity index (χ1) is 8.77. The van der Waals surface area contributed by atoms with Crippen LogP contribution in [0.1, 0.15) is 11.1 Å². The Balaban J connectivity index is 3.15. The predicted molar refractivity (Wildman–Crippen MR) is 74.1 cm³/mol. The van der Waals surface area contributed by atoms with E-state index in [-0.39, 0.29) is 5.56 Å². The quantitative estimate of drug-likeness (QED) is 0.648. The number of rotatable bonds is 5. The fourth-order valence-electron chi connectivity index (χ4n) is 1.60. The van der Waals surface area contributed by atoms with E-state index in [4.69, 9.17) is 11.1 Å². The van der Waals surface area contributed by atoms with Gasteiger partial charge in [0.15, 0.2) is 0 Å². The fourth-order valence-corrected chi connectivity index (χ4v) is 2.05. The summed E-state index contributed by atoms with van der Waals surface area (Å²) < 4.78 is 38.8. The molecule has 0 aromatic heterocycles. The van der Waals surface area contributed by atoms with E-state index >= 15 is 0 Å². The number of nitrogens with zero attached hydrogens (tertiary/aromatic N) is 1. The second-order valence-electron chi connectivity index (χ2n) is 4.06. The van der Waals surface area contributed by atoms with E-state index in [9.17, 15) is 13.2 Å². The Morgan fingerprint density at radius 3 is 2.53 bits per heavy atom. The number of halogens is 3. The van der Waals surface area contributed by atoms with Gasteiger partial charge in [-0.3, -0.25) is 5.41 Å². The third kappa shape index (κ3) is 4.05. The van der Waals surface area contributed by atoms with Gasteiger partial charge >= 0.3 is 6.18 Å². The van der Waals surface area contributed by atoms with E-state index < -0.39 is 17.6 Å². The Hall–Kier alpha value is -1.37. The summed E-state index contributed by atoms with van der Waals surface area (Å²) in [5.74, 6) is 0.248. The van der Waals surface area contributed by atoms with Crippen molar-refractivity contribution < 1.29 is 13.2 Å². The van der Waals surface area contributed by atoms with E-state index in [1.165, 1.54) is 6.07 Å². The zero-order chi connectivity index (χ0) is 14.6. The van der Waals surface area contributed by atoms with E-state index in [2.05, 4.69) is 0 Å². The third-order valence-electron chi connectivity index (χ3n) is 2.67. The topological polar surface area (TPSA) is 53.1 Å². The van der Waals surface area contributed by atoms with Crippen LogP contribution in [0.25, 0.3) is 0 Å². The summed E-state index contributed by atoms with van der Waals surface area (Å²) in [7, 11) is 1.74. The summed E-state index contributed by atoms with van der Waals surface area (Å²) in [6, 6.07) is 3.83. The van der Waals surface area contributed by atoms with Gasteiger partial charge in [-0.25, -0.2) is 0 Å². The Morgan fingerprint density at radius 1 is 1.42 bits per heavy atom. The number of thioether (sulfide) groups is 1. The summed E-state index contributed by atoms with van der Waals surface area (Å²) in [4.78, 5) is 1.75. The van der Waals surface area contributed by atoms with Crippen molar-refractivity contribution >= 4 is 23.3 Å². The molecular weight excluding hydrogens is 275 g/mol. The Bertz CT molecular complexity index is 460. The average molecular weight is 291 g/mol. The second-order valence-corrected chi connectivity index (χ2v) is 5.04. The molecule has 0 atom stereocenters. The summed E-state index contributed by atoms with van der Waals surface area (Å²) in [5.41, 5.74) is 4.50. The molecule has 0 fully saturated rings.